The van der Waals surface area contributed by atoms with Crippen molar-refractivity contribution >= 4 is 5.91 Å². The molecule has 1 fully saturated rings. The van der Waals surface area contributed by atoms with Gasteiger partial charge in [-0.25, -0.2) is 0 Å². The highest BCUT2D eigenvalue weighted by Gasteiger charge is 2.31. The molecule has 1 aromatic carbocycles. The number of rotatable bonds is 3. The predicted octanol–water partition coefficient (Wildman–Crippen LogP) is 0.507. The van der Waals surface area contributed by atoms with E-state index in [1.807, 2.05) is 30.3 Å². The fraction of sp³-hybridized carbons (Fsp3) is 0.462. The second-order valence-corrected chi connectivity index (χ2v) is 4.47. The number of likely N-dealkylation sites (N-methyl/N-ethyl adjacent to an activating group) is 1. The van der Waals surface area contributed by atoms with Gasteiger partial charge in [-0.15, -0.1) is 0 Å². The van der Waals surface area contributed by atoms with Crippen LogP contribution in [-0.2, 0) is 4.79 Å². The van der Waals surface area contributed by atoms with Crippen molar-refractivity contribution in [2.45, 2.75) is 18.5 Å². The lowest BCUT2D eigenvalue weighted by molar-refractivity contribution is -0.125. The van der Waals surface area contributed by atoms with Crippen molar-refractivity contribution in [3.8, 4) is 0 Å². The Morgan fingerprint density at radius 2 is 2.18 bits per heavy atom. The van der Waals surface area contributed by atoms with Crippen LogP contribution in [0.4, 0.5) is 0 Å². The molecular formula is C13H19N3O. The van der Waals surface area contributed by atoms with Crippen LogP contribution in [0.5, 0.6) is 0 Å². The summed E-state index contributed by atoms with van der Waals surface area (Å²) in [5.41, 5.74) is 6.94. The van der Waals surface area contributed by atoms with E-state index in [9.17, 15) is 4.79 Å². The van der Waals surface area contributed by atoms with Gasteiger partial charge in [0.1, 0.15) is 6.04 Å². The quantitative estimate of drug-likeness (QED) is 0.799. The standard InChI is InChI=1S/C13H19N3O/c1-15-13(17)12(10-5-3-2-4-6-10)16-8-7-11(14)9-16/h2-6,11-12H,7-9,14H2,1H3,(H,15,17)/t11-,12?/m1/s1. The summed E-state index contributed by atoms with van der Waals surface area (Å²) < 4.78 is 0. The summed E-state index contributed by atoms with van der Waals surface area (Å²) in [4.78, 5) is 14.2. The maximum atomic E-state index is 12.0. The molecular weight excluding hydrogens is 214 g/mol. The molecule has 1 aliphatic rings. The number of benzene rings is 1. The SMILES string of the molecule is CNC(=O)C(c1ccccc1)N1CC[C@@H](N)C1. The Kier molecular flexibility index (Phi) is 3.76. The van der Waals surface area contributed by atoms with Crippen LogP contribution < -0.4 is 11.1 Å². The number of likely N-dealkylation sites (tertiary alicyclic amines) is 1. The lowest BCUT2D eigenvalue weighted by Crippen LogP contribution is -2.39. The maximum Gasteiger partial charge on any atom is 0.241 e. The molecule has 2 rings (SSSR count). The summed E-state index contributed by atoms with van der Waals surface area (Å²) in [6.45, 7) is 1.67. The third-order valence-corrected chi connectivity index (χ3v) is 3.23. The molecule has 1 heterocycles. The van der Waals surface area contributed by atoms with Gasteiger partial charge in [-0.1, -0.05) is 30.3 Å². The first-order chi connectivity index (χ1) is 8.22. The fourth-order valence-electron chi connectivity index (χ4n) is 2.35. The molecule has 0 aliphatic carbocycles. The third kappa shape index (κ3) is 2.65. The van der Waals surface area contributed by atoms with Crippen LogP contribution in [0.15, 0.2) is 30.3 Å². The zero-order valence-corrected chi connectivity index (χ0v) is 10.1. The molecule has 1 aromatic rings. The van der Waals surface area contributed by atoms with Gasteiger partial charge in [-0.3, -0.25) is 9.69 Å². The van der Waals surface area contributed by atoms with E-state index < -0.39 is 0 Å². The number of hydrogen-bond donors (Lipinski definition) is 2. The van der Waals surface area contributed by atoms with Gasteiger partial charge in [0.2, 0.25) is 5.91 Å². The zero-order chi connectivity index (χ0) is 12.3. The number of nitrogens with zero attached hydrogens (tertiary/aromatic N) is 1. The van der Waals surface area contributed by atoms with Gasteiger partial charge in [0.15, 0.2) is 0 Å². The molecule has 0 aromatic heterocycles. The molecule has 92 valence electrons. The monoisotopic (exact) mass is 233 g/mol. The number of carbonyl (C=O) groups is 1. The van der Waals surface area contributed by atoms with Gasteiger partial charge in [0.05, 0.1) is 0 Å². The summed E-state index contributed by atoms with van der Waals surface area (Å²) in [5.74, 6) is 0.0327. The molecule has 3 N–H and O–H groups in total. The predicted molar refractivity (Wildman–Crippen MR) is 67.4 cm³/mol. The second kappa shape index (κ2) is 5.29. The highest BCUT2D eigenvalue weighted by atomic mass is 16.2. The molecule has 1 aliphatic heterocycles. The first-order valence-electron chi connectivity index (χ1n) is 5.98. The normalized spacial score (nSPS) is 22.4. The van der Waals surface area contributed by atoms with E-state index in [2.05, 4.69) is 10.2 Å². The molecule has 1 amide bonds. The van der Waals surface area contributed by atoms with Crippen LogP contribution in [0.1, 0.15) is 18.0 Å². The molecule has 17 heavy (non-hydrogen) atoms. The fourth-order valence-corrected chi connectivity index (χ4v) is 2.35. The van der Waals surface area contributed by atoms with Crippen molar-refractivity contribution < 1.29 is 4.79 Å². The molecule has 1 saturated heterocycles. The van der Waals surface area contributed by atoms with Crippen LogP contribution in [0, 0.1) is 0 Å². The number of hydrogen-bond acceptors (Lipinski definition) is 3. The Bertz CT molecular complexity index is 380. The largest absolute Gasteiger partial charge is 0.358 e. The average Bonchev–Trinajstić information content (AvgIpc) is 2.77. The zero-order valence-electron chi connectivity index (χ0n) is 10.1. The number of amides is 1. The molecule has 4 heteroatoms. The number of nitrogens with two attached hydrogens (primary N) is 1. The van der Waals surface area contributed by atoms with Crippen molar-refractivity contribution in [2.24, 2.45) is 5.73 Å². The summed E-state index contributed by atoms with van der Waals surface area (Å²) in [7, 11) is 1.67. The first-order valence-corrected chi connectivity index (χ1v) is 5.98. The van der Waals surface area contributed by atoms with Crippen molar-refractivity contribution in [1.29, 1.82) is 0 Å². The van der Waals surface area contributed by atoms with Crippen molar-refractivity contribution in [3.05, 3.63) is 35.9 Å². The van der Waals surface area contributed by atoms with Crippen LogP contribution in [-0.4, -0.2) is 37.0 Å². The molecule has 0 bridgehead atoms. The smallest absolute Gasteiger partial charge is 0.241 e. The minimum atomic E-state index is -0.213. The van der Waals surface area contributed by atoms with Gasteiger partial charge >= 0.3 is 0 Å². The Morgan fingerprint density at radius 1 is 1.47 bits per heavy atom. The Labute approximate surface area is 102 Å². The summed E-state index contributed by atoms with van der Waals surface area (Å²) in [6.07, 6.45) is 0.959. The molecule has 0 radical (unpaired) electrons. The van der Waals surface area contributed by atoms with E-state index in [4.69, 9.17) is 5.73 Å². The highest BCUT2D eigenvalue weighted by Crippen LogP contribution is 2.24. The molecule has 0 spiro atoms. The van der Waals surface area contributed by atoms with Crippen molar-refractivity contribution in [2.75, 3.05) is 20.1 Å². The molecule has 0 saturated carbocycles. The Hall–Kier alpha value is -1.39. The van der Waals surface area contributed by atoms with E-state index in [0.29, 0.717) is 0 Å². The Balaban J connectivity index is 2.23. The van der Waals surface area contributed by atoms with Gasteiger partial charge in [-0.2, -0.15) is 0 Å². The minimum Gasteiger partial charge on any atom is -0.358 e. The highest BCUT2D eigenvalue weighted by molar-refractivity contribution is 5.83. The molecule has 2 atom stereocenters. The van der Waals surface area contributed by atoms with Crippen molar-refractivity contribution in [3.63, 3.8) is 0 Å². The van der Waals surface area contributed by atoms with Crippen LogP contribution in [0.25, 0.3) is 0 Å². The molecule has 1 unspecified atom stereocenters. The first kappa shape index (κ1) is 12.1. The third-order valence-electron chi connectivity index (χ3n) is 3.23. The van der Waals surface area contributed by atoms with E-state index in [0.717, 1.165) is 25.1 Å². The van der Waals surface area contributed by atoms with E-state index in [1.54, 1.807) is 7.05 Å². The van der Waals surface area contributed by atoms with Gasteiger partial charge in [0.25, 0.3) is 0 Å². The summed E-state index contributed by atoms with van der Waals surface area (Å²) in [6, 6.07) is 9.83. The van der Waals surface area contributed by atoms with E-state index in [1.165, 1.54) is 0 Å². The van der Waals surface area contributed by atoms with Crippen LogP contribution in [0.2, 0.25) is 0 Å². The average molecular weight is 233 g/mol. The summed E-state index contributed by atoms with van der Waals surface area (Å²) >= 11 is 0. The maximum absolute atomic E-state index is 12.0. The minimum absolute atomic E-state index is 0.0327. The lowest BCUT2D eigenvalue weighted by atomic mass is 10.1. The molecule has 4 nitrogen and oxygen atoms in total. The van der Waals surface area contributed by atoms with Gasteiger partial charge in [0, 0.05) is 26.2 Å². The Morgan fingerprint density at radius 3 is 2.71 bits per heavy atom. The number of nitrogens with one attached hydrogen (secondary N) is 1. The van der Waals surface area contributed by atoms with Gasteiger partial charge < -0.3 is 11.1 Å². The van der Waals surface area contributed by atoms with E-state index in [-0.39, 0.29) is 18.0 Å². The number of carbonyl (C=O) groups excluding carboxylic acids is 1. The summed E-state index contributed by atoms with van der Waals surface area (Å²) in [5, 5.41) is 2.73. The topological polar surface area (TPSA) is 58.4 Å². The van der Waals surface area contributed by atoms with Gasteiger partial charge in [-0.05, 0) is 12.0 Å². The van der Waals surface area contributed by atoms with Crippen molar-refractivity contribution in [1.82, 2.24) is 10.2 Å². The van der Waals surface area contributed by atoms with Crippen LogP contribution >= 0.6 is 0 Å². The van der Waals surface area contributed by atoms with E-state index >= 15 is 0 Å². The van der Waals surface area contributed by atoms with Crippen LogP contribution in [0.3, 0.4) is 0 Å². The lowest BCUT2D eigenvalue weighted by Gasteiger charge is -2.26. The second-order valence-electron chi connectivity index (χ2n) is 4.47.